The van der Waals surface area contributed by atoms with E-state index >= 15 is 0 Å². The minimum absolute atomic E-state index is 0.0404. The van der Waals surface area contributed by atoms with E-state index in [1.807, 2.05) is 30.3 Å². The highest BCUT2D eigenvalue weighted by atomic mass is 16.5. The van der Waals surface area contributed by atoms with Crippen molar-refractivity contribution < 1.29 is 19.1 Å². The second kappa shape index (κ2) is 10.1. The van der Waals surface area contributed by atoms with Gasteiger partial charge in [0.1, 0.15) is 6.10 Å². The maximum Gasteiger partial charge on any atom is 0.338 e. The van der Waals surface area contributed by atoms with Crippen molar-refractivity contribution in [1.82, 2.24) is 0 Å². The topological polar surface area (TPSA) is 52.6 Å². The zero-order chi connectivity index (χ0) is 31.1. The summed E-state index contributed by atoms with van der Waals surface area (Å²) in [6.45, 7) is 19.4. The fourth-order valence-electron chi connectivity index (χ4n) is 11.0. The van der Waals surface area contributed by atoms with Crippen molar-refractivity contribution in [3.8, 4) is 0 Å². The van der Waals surface area contributed by atoms with Gasteiger partial charge in [0.15, 0.2) is 0 Å². The van der Waals surface area contributed by atoms with Gasteiger partial charge in [0.2, 0.25) is 0 Å². The van der Waals surface area contributed by atoms with Crippen LogP contribution in [0.25, 0.3) is 0 Å². The van der Waals surface area contributed by atoms with Gasteiger partial charge in [-0.25, -0.2) is 4.79 Å². The van der Waals surface area contributed by atoms with Gasteiger partial charge in [-0.15, -0.1) is 0 Å². The Morgan fingerprint density at radius 3 is 2.23 bits per heavy atom. The first-order valence-electron chi connectivity index (χ1n) is 16.9. The summed E-state index contributed by atoms with van der Waals surface area (Å²) in [6, 6.07) is 9.44. The van der Waals surface area contributed by atoms with E-state index < -0.39 is 0 Å². The third-order valence-electron chi connectivity index (χ3n) is 14.2. The minimum atomic E-state index is -0.201. The SMILES string of the molecule is CC(=O)OC[C@]1(C)CC[C@]2(C)CC[C@]3(C)C4=CC[C@H]5C(C)(C)[C@H](OC(=O)c6ccccc6)CC[C@]5(C)C4=CC[C@@]3(C)[C@@H]2C1. The van der Waals surface area contributed by atoms with Crippen molar-refractivity contribution in [2.24, 2.45) is 44.3 Å². The molecule has 0 aliphatic heterocycles. The lowest BCUT2D eigenvalue weighted by atomic mass is 9.36. The molecule has 5 aliphatic carbocycles. The largest absolute Gasteiger partial charge is 0.465 e. The van der Waals surface area contributed by atoms with Gasteiger partial charge in [0, 0.05) is 17.8 Å². The van der Waals surface area contributed by atoms with Crippen LogP contribution in [0.2, 0.25) is 0 Å². The molecular weight excluding hydrogens is 532 g/mol. The van der Waals surface area contributed by atoms with Crippen LogP contribution >= 0.6 is 0 Å². The van der Waals surface area contributed by atoms with Crippen molar-refractivity contribution >= 4 is 11.9 Å². The van der Waals surface area contributed by atoms with Crippen molar-refractivity contribution in [1.29, 1.82) is 0 Å². The fourth-order valence-corrected chi connectivity index (χ4v) is 11.0. The van der Waals surface area contributed by atoms with Crippen LogP contribution in [0.3, 0.4) is 0 Å². The van der Waals surface area contributed by atoms with Crippen LogP contribution < -0.4 is 0 Å². The summed E-state index contributed by atoms with van der Waals surface area (Å²) in [5.41, 5.74) is 4.44. The molecule has 0 bridgehead atoms. The summed E-state index contributed by atoms with van der Waals surface area (Å²) in [5, 5.41) is 0. The number of ether oxygens (including phenoxy) is 2. The molecule has 4 nitrogen and oxygen atoms in total. The van der Waals surface area contributed by atoms with E-state index in [1.165, 1.54) is 26.2 Å². The number of hydrogen-bond donors (Lipinski definition) is 0. The van der Waals surface area contributed by atoms with Crippen LogP contribution in [0, 0.1) is 44.3 Å². The third-order valence-corrected chi connectivity index (χ3v) is 14.2. The van der Waals surface area contributed by atoms with E-state index in [2.05, 4.69) is 60.6 Å². The Labute approximate surface area is 260 Å². The van der Waals surface area contributed by atoms with Gasteiger partial charge in [0.05, 0.1) is 12.2 Å². The lowest BCUT2D eigenvalue weighted by molar-refractivity contribution is -0.162. The number of allylic oxidation sites excluding steroid dienone is 4. The predicted molar refractivity (Wildman–Crippen MR) is 171 cm³/mol. The Morgan fingerprint density at radius 2 is 1.53 bits per heavy atom. The molecule has 3 fully saturated rings. The Morgan fingerprint density at radius 1 is 0.837 bits per heavy atom. The fraction of sp³-hybridized carbons (Fsp3) is 0.692. The Balaban J connectivity index is 1.30. The first-order chi connectivity index (χ1) is 20.1. The van der Waals surface area contributed by atoms with E-state index in [4.69, 9.17) is 9.47 Å². The molecule has 0 radical (unpaired) electrons. The van der Waals surface area contributed by atoms with Gasteiger partial charge in [-0.1, -0.05) is 78.8 Å². The lowest BCUT2D eigenvalue weighted by Gasteiger charge is -2.69. The van der Waals surface area contributed by atoms with Gasteiger partial charge in [-0.05, 0) is 115 Å². The summed E-state index contributed by atoms with van der Waals surface area (Å²) in [7, 11) is 0. The second-order valence-corrected chi connectivity index (χ2v) is 17.0. The zero-order valence-electron chi connectivity index (χ0n) is 28.0. The Bertz CT molecular complexity index is 1360. The van der Waals surface area contributed by atoms with Gasteiger partial charge in [-0.3, -0.25) is 4.79 Å². The van der Waals surface area contributed by atoms with E-state index in [1.54, 1.807) is 11.1 Å². The molecule has 0 amide bonds. The van der Waals surface area contributed by atoms with E-state index in [0.29, 0.717) is 29.4 Å². The number of esters is 2. The monoisotopic (exact) mass is 586 g/mol. The summed E-state index contributed by atoms with van der Waals surface area (Å²) < 4.78 is 11.9. The lowest BCUT2D eigenvalue weighted by Crippen LogP contribution is -2.61. The van der Waals surface area contributed by atoms with Crippen molar-refractivity contribution in [3.63, 3.8) is 0 Å². The molecule has 0 spiro atoms. The van der Waals surface area contributed by atoms with E-state index in [-0.39, 0.29) is 45.1 Å². The maximum absolute atomic E-state index is 13.1. The number of hydrogen-bond acceptors (Lipinski definition) is 4. The Kier molecular flexibility index (Phi) is 7.18. The predicted octanol–water partition coefficient (Wildman–Crippen LogP) is 9.50. The minimum Gasteiger partial charge on any atom is -0.465 e. The smallest absolute Gasteiger partial charge is 0.338 e. The molecule has 6 rings (SSSR count). The van der Waals surface area contributed by atoms with Crippen LogP contribution in [0.15, 0.2) is 53.6 Å². The maximum atomic E-state index is 13.1. The third kappa shape index (κ3) is 4.59. The van der Waals surface area contributed by atoms with Gasteiger partial charge in [0.25, 0.3) is 0 Å². The molecule has 1 aromatic carbocycles. The normalized spacial score (nSPS) is 43.0. The van der Waals surface area contributed by atoms with Gasteiger partial charge >= 0.3 is 11.9 Å². The first kappa shape index (κ1) is 30.7. The summed E-state index contributed by atoms with van der Waals surface area (Å²) >= 11 is 0. The summed E-state index contributed by atoms with van der Waals surface area (Å²) in [4.78, 5) is 24.8. The summed E-state index contributed by atoms with van der Waals surface area (Å²) in [6.07, 6.45) is 15.2. The highest BCUT2D eigenvalue weighted by molar-refractivity contribution is 5.89. The molecule has 0 unspecified atom stereocenters. The molecule has 1 aromatic rings. The molecule has 8 atom stereocenters. The van der Waals surface area contributed by atoms with Crippen LogP contribution in [-0.4, -0.2) is 24.6 Å². The Hall–Kier alpha value is -2.36. The van der Waals surface area contributed by atoms with E-state index in [9.17, 15) is 9.59 Å². The van der Waals surface area contributed by atoms with Crippen LogP contribution in [0.5, 0.6) is 0 Å². The average molecular weight is 587 g/mol. The quantitative estimate of drug-likeness (QED) is 0.330. The summed E-state index contributed by atoms with van der Waals surface area (Å²) in [5.74, 6) is 0.637. The molecule has 4 heteroatoms. The highest BCUT2D eigenvalue weighted by Gasteiger charge is 2.66. The van der Waals surface area contributed by atoms with Crippen LogP contribution in [0.4, 0.5) is 0 Å². The highest BCUT2D eigenvalue weighted by Crippen LogP contribution is 2.74. The number of carbonyl (C=O) groups is 2. The van der Waals surface area contributed by atoms with Gasteiger partial charge in [-0.2, -0.15) is 0 Å². The second-order valence-electron chi connectivity index (χ2n) is 17.0. The number of rotatable bonds is 4. The molecule has 3 saturated carbocycles. The number of fused-ring (bicyclic) bond motifs is 7. The van der Waals surface area contributed by atoms with Crippen LogP contribution in [0.1, 0.15) is 124 Å². The molecule has 234 valence electrons. The average Bonchev–Trinajstić information content (AvgIpc) is 2.96. The molecular formula is C39H54O4. The number of benzene rings is 1. The van der Waals surface area contributed by atoms with Crippen molar-refractivity contribution in [2.75, 3.05) is 6.61 Å². The molecule has 0 aromatic heterocycles. The van der Waals surface area contributed by atoms with Crippen molar-refractivity contribution in [3.05, 3.63) is 59.2 Å². The van der Waals surface area contributed by atoms with E-state index in [0.717, 1.165) is 38.5 Å². The molecule has 0 N–H and O–H groups in total. The molecule has 43 heavy (non-hydrogen) atoms. The molecule has 0 heterocycles. The number of carbonyl (C=O) groups excluding carboxylic acids is 2. The first-order valence-corrected chi connectivity index (χ1v) is 16.9. The molecule has 0 saturated heterocycles. The van der Waals surface area contributed by atoms with Crippen molar-refractivity contribution in [2.45, 2.75) is 119 Å². The van der Waals surface area contributed by atoms with Gasteiger partial charge < -0.3 is 9.47 Å². The van der Waals surface area contributed by atoms with Crippen LogP contribution in [-0.2, 0) is 14.3 Å². The zero-order valence-corrected chi connectivity index (χ0v) is 28.0. The standard InChI is InChI=1S/C39H54O4/c1-26(40)42-25-35(4)20-21-36(5)22-23-38(7)29-14-15-30-34(2,3)32(43-33(41)27-12-10-9-11-13-27)17-18-37(30,6)28(29)16-19-39(38,8)31(36)24-35/h9-14,16,30-32H,15,17-25H2,1-8H3/t30-,31+,32+,35+,36+,37+,38+,39-/m0/s1. The molecule has 5 aliphatic rings.